The van der Waals surface area contributed by atoms with Crippen molar-refractivity contribution in [1.29, 1.82) is 0 Å². The Bertz CT molecular complexity index is 616. The second kappa shape index (κ2) is 6.01. The number of benzene rings is 1. The molecule has 1 unspecified atom stereocenters. The molecule has 0 spiro atoms. The van der Waals surface area contributed by atoms with E-state index in [0.717, 1.165) is 11.3 Å². The van der Waals surface area contributed by atoms with Crippen molar-refractivity contribution in [2.45, 2.75) is 19.4 Å². The molecule has 1 aliphatic rings. The molecular weight excluding hydrogens is 300 g/mol. The minimum Gasteiger partial charge on any atom is -0.376 e. The zero-order valence-electron chi connectivity index (χ0n) is 11.1. The van der Waals surface area contributed by atoms with Crippen LogP contribution in [0.1, 0.15) is 12.0 Å². The number of nitrogens with one attached hydrogen (secondary N) is 2. The molecule has 0 saturated carbocycles. The highest BCUT2D eigenvalue weighted by Crippen LogP contribution is 2.19. The van der Waals surface area contributed by atoms with E-state index < -0.39 is 9.84 Å². The predicted octanol–water partition coefficient (Wildman–Crippen LogP) is 1.36. The van der Waals surface area contributed by atoms with Crippen LogP contribution in [0.25, 0.3) is 0 Å². The fourth-order valence-corrected chi connectivity index (χ4v) is 3.93. The fraction of sp³-hybridized carbons (Fsp3) is 0.462. The Balaban J connectivity index is 1.82. The van der Waals surface area contributed by atoms with Crippen molar-refractivity contribution in [3.8, 4) is 0 Å². The molecule has 20 heavy (non-hydrogen) atoms. The van der Waals surface area contributed by atoms with Crippen LogP contribution in [-0.4, -0.2) is 38.4 Å². The van der Waals surface area contributed by atoms with Gasteiger partial charge >= 0.3 is 0 Å². The Morgan fingerprint density at radius 1 is 1.45 bits per heavy atom. The molecule has 5 nitrogen and oxygen atoms in total. The van der Waals surface area contributed by atoms with Gasteiger partial charge in [0.25, 0.3) is 0 Å². The molecule has 1 saturated heterocycles. The van der Waals surface area contributed by atoms with Crippen LogP contribution in [0.2, 0.25) is 5.02 Å². The largest absolute Gasteiger partial charge is 0.376 e. The summed E-state index contributed by atoms with van der Waals surface area (Å²) >= 11 is 5.99. The van der Waals surface area contributed by atoms with Gasteiger partial charge in [0.1, 0.15) is 0 Å². The van der Waals surface area contributed by atoms with Crippen LogP contribution in [0.15, 0.2) is 18.2 Å². The topological polar surface area (TPSA) is 75.3 Å². The number of hydrogen-bond donors (Lipinski definition) is 2. The lowest BCUT2D eigenvalue weighted by atomic mass is 10.2. The van der Waals surface area contributed by atoms with E-state index in [-0.39, 0.29) is 30.0 Å². The summed E-state index contributed by atoms with van der Waals surface area (Å²) in [5.74, 6) is -0.0302. The van der Waals surface area contributed by atoms with Gasteiger partial charge in [0.15, 0.2) is 9.84 Å². The quantitative estimate of drug-likeness (QED) is 0.879. The van der Waals surface area contributed by atoms with Crippen LogP contribution in [-0.2, 0) is 14.6 Å². The number of aryl methyl sites for hydroxylation is 1. The van der Waals surface area contributed by atoms with Crippen LogP contribution < -0.4 is 10.6 Å². The van der Waals surface area contributed by atoms with E-state index >= 15 is 0 Å². The zero-order chi connectivity index (χ0) is 14.8. The lowest BCUT2D eigenvalue weighted by Crippen LogP contribution is -2.39. The Labute approximate surface area is 123 Å². The van der Waals surface area contributed by atoms with Crippen molar-refractivity contribution >= 4 is 33.0 Å². The maximum absolute atomic E-state index is 11.7. The lowest BCUT2D eigenvalue weighted by Gasteiger charge is -2.12. The average molecular weight is 317 g/mol. The Hall–Kier alpha value is -1.27. The molecule has 1 heterocycles. The summed E-state index contributed by atoms with van der Waals surface area (Å²) in [6, 6.07) is 5.20. The number of sulfone groups is 1. The van der Waals surface area contributed by atoms with Gasteiger partial charge in [-0.1, -0.05) is 17.7 Å². The first-order valence-electron chi connectivity index (χ1n) is 6.35. The highest BCUT2D eigenvalue weighted by atomic mass is 35.5. The summed E-state index contributed by atoms with van der Waals surface area (Å²) in [4.78, 5) is 11.7. The fourth-order valence-electron chi connectivity index (χ4n) is 2.07. The average Bonchev–Trinajstić information content (AvgIpc) is 2.70. The minimum atomic E-state index is -2.97. The maximum Gasteiger partial charge on any atom is 0.239 e. The van der Waals surface area contributed by atoms with E-state index in [1.807, 2.05) is 19.1 Å². The third kappa shape index (κ3) is 4.11. The molecule has 1 aromatic carbocycles. The summed E-state index contributed by atoms with van der Waals surface area (Å²) in [6.07, 6.45) is 0.491. The second-order valence-corrected chi connectivity index (χ2v) is 7.62. The Morgan fingerprint density at radius 2 is 2.20 bits per heavy atom. The van der Waals surface area contributed by atoms with E-state index in [1.165, 1.54) is 0 Å². The summed E-state index contributed by atoms with van der Waals surface area (Å²) in [6.45, 7) is 2.00. The van der Waals surface area contributed by atoms with Gasteiger partial charge in [-0.25, -0.2) is 8.42 Å². The van der Waals surface area contributed by atoms with Gasteiger partial charge in [0, 0.05) is 16.8 Å². The van der Waals surface area contributed by atoms with Crippen molar-refractivity contribution in [1.82, 2.24) is 5.32 Å². The van der Waals surface area contributed by atoms with Crippen molar-refractivity contribution in [3.05, 3.63) is 28.8 Å². The van der Waals surface area contributed by atoms with Crippen LogP contribution in [0.5, 0.6) is 0 Å². The van der Waals surface area contributed by atoms with Gasteiger partial charge in [-0.2, -0.15) is 0 Å². The third-order valence-corrected chi connectivity index (χ3v) is 5.40. The third-order valence-electron chi connectivity index (χ3n) is 3.22. The van der Waals surface area contributed by atoms with Crippen LogP contribution in [0, 0.1) is 6.92 Å². The van der Waals surface area contributed by atoms with Gasteiger partial charge < -0.3 is 10.6 Å². The van der Waals surface area contributed by atoms with E-state index in [1.54, 1.807) is 6.07 Å². The lowest BCUT2D eigenvalue weighted by molar-refractivity contribution is -0.119. The molecule has 110 valence electrons. The van der Waals surface area contributed by atoms with E-state index in [9.17, 15) is 13.2 Å². The maximum atomic E-state index is 11.7. The second-order valence-electron chi connectivity index (χ2n) is 4.98. The van der Waals surface area contributed by atoms with Gasteiger partial charge in [0.2, 0.25) is 5.91 Å². The van der Waals surface area contributed by atoms with Crippen LogP contribution in [0.3, 0.4) is 0 Å². The molecule has 1 amide bonds. The molecule has 0 radical (unpaired) electrons. The van der Waals surface area contributed by atoms with Crippen molar-refractivity contribution < 1.29 is 13.2 Å². The smallest absolute Gasteiger partial charge is 0.239 e. The first kappa shape index (κ1) is 15.1. The van der Waals surface area contributed by atoms with Gasteiger partial charge in [-0.3, -0.25) is 4.79 Å². The van der Waals surface area contributed by atoms with Crippen molar-refractivity contribution in [2.24, 2.45) is 0 Å². The van der Waals surface area contributed by atoms with Crippen LogP contribution in [0.4, 0.5) is 5.69 Å². The molecule has 7 heteroatoms. The number of carbonyl (C=O) groups excluding carboxylic acids is 1. The number of halogens is 1. The monoisotopic (exact) mass is 316 g/mol. The molecule has 1 aliphatic heterocycles. The van der Waals surface area contributed by atoms with Gasteiger partial charge in [-0.05, 0) is 31.0 Å². The number of anilines is 1. The number of carbonyl (C=O) groups is 1. The molecule has 1 aromatic rings. The van der Waals surface area contributed by atoms with E-state index in [2.05, 4.69) is 10.6 Å². The SMILES string of the molecule is Cc1ccc(NCC(=O)NC2CCS(=O)(=O)C2)cc1Cl. The van der Waals surface area contributed by atoms with Crippen molar-refractivity contribution in [2.75, 3.05) is 23.4 Å². The minimum absolute atomic E-state index is 0.0368. The number of rotatable bonds is 4. The van der Waals surface area contributed by atoms with Crippen molar-refractivity contribution in [3.63, 3.8) is 0 Å². The number of hydrogen-bond acceptors (Lipinski definition) is 4. The molecule has 0 bridgehead atoms. The van der Waals surface area contributed by atoms with Crippen LogP contribution >= 0.6 is 11.6 Å². The van der Waals surface area contributed by atoms with E-state index in [0.29, 0.717) is 11.4 Å². The molecule has 1 atom stereocenters. The zero-order valence-corrected chi connectivity index (χ0v) is 12.7. The normalized spacial score (nSPS) is 20.6. The standard InChI is InChI=1S/C13H17ClN2O3S/c1-9-2-3-10(6-12(9)14)15-7-13(17)16-11-4-5-20(18,19)8-11/h2-3,6,11,15H,4-5,7-8H2,1H3,(H,16,17). The highest BCUT2D eigenvalue weighted by molar-refractivity contribution is 7.91. The first-order valence-corrected chi connectivity index (χ1v) is 8.55. The molecule has 2 N–H and O–H groups in total. The molecule has 0 aromatic heterocycles. The van der Waals surface area contributed by atoms with E-state index in [4.69, 9.17) is 11.6 Å². The molecular formula is C13H17ClN2O3S. The van der Waals surface area contributed by atoms with Gasteiger partial charge in [-0.15, -0.1) is 0 Å². The summed E-state index contributed by atoms with van der Waals surface area (Å²) < 4.78 is 22.6. The molecule has 0 aliphatic carbocycles. The number of amides is 1. The summed E-state index contributed by atoms with van der Waals surface area (Å²) in [5, 5.41) is 6.31. The predicted molar refractivity (Wildman–Crippen MR) is 79.9 cm³/mol. The first-order chi connectivity index (χ1) is 9.35. The highest BCUT2D eigenvalue weighted by Gasteiger charge is 2.28. The molecule has 1 fully saturated rings. The van der Waals surface area contributed by atoms with Gasteiger partial charge in [0.05, 0.1) is 18.1 Å². The molecule has 2 rings (SSSR count). The summed E-state index contributed by atoms with van der Waals surface area (Å²) in [7, 11) is -2.97. The Kier molecular flexibility index (Phi) is 4.55. The Morgan fingerprint density at radius 3 is 2.80 bits per heavy atom. The summed E-state index contributed by atoms with van der Waals surface area (Å²) in [5.41, 5.74) is 1.73.